The zero-order valence-electron chi connectivity index (χ0n) is 8.10. The van der Waals surface area contributed by atoms with Gasteiger partial charge in [0.15, 0.2) is 0 Å². The van der Waals surface area contributed by atoms with Gasteiger partial charge in [0.05, 0.1) is 0 Å². The molecular formula is C10H17ClN2. The van der Waals surface area contributed by atoms with Crippen LogP contribution in [0.25, 0.3) is 0 Å². The molecule has 0 aliphatic carbocycles. The summed E-state index contributed by atoms with van der Waals surface area (Å²) in [7, 11) is 4.06. The van der Waals surface area contributed by atoms with Crippen molar-refractivity contribution in [3.63, 3.8) is 0 Å². The fourth-order valence-electron chi connectivity index (χ4n) is 1.20. The van der Waals surface area contributed by atoms with Crippen LogP contribution in [0.15, 0.2) is 30.3 Å². The predicted molar refractivity (Wildman–Crippen MR) is 59.2 cm³/mol. The molecule has 0 heterocycles. The Labute approximate surface area is 86.1 Å². The van der Waals surface area contributed by atoms with E-state index in [1.165, 1.54) is 5.56 Å². The van der Waals surface area contributed by atoms with Crippen LogP contribution in [-0.4, -0.2) is 25.5 Å². The molecule has 2 nitrogen and oxygen atoms in total. The van der Waals surface area contributed by atoms with E-state index in [-0.39, 0.29) is 18.4 Å². The molecule has 0 radical (unpaired) electrons. The summed E-state index contributed by atoms with van der Waals surface area (Å²) < 4.78 is 0. The lowest BCUT2D eigenvalue weighted by Crippen LogP contribution is -2.25. The van der Waals surface area contributed by atoms with Gasteiger partial charge in [-0.05, 0) is 19.7 Å². The van der Waals surface area contributed by atoms with Gasteiger partial charge in [-0.25, -0.2) is 0 Å². The van der Waals surface area contributed by atoms with Crippen molar-refractivity contribution in [2.45, 2.75) is 6.04 Å². The number of hydrogen-bond acceptors (Lipinski definition) is 2. The molecule has 0 fully saturated rings. The smallest absolute Gasteiger partial charge is 0.0424 e. The summed E-state index contributed by atoms with van der Waals surface area (Å²) in [5, 5.41) is 0. The number of hydrogen-bond donors (Lipinski definition) is 1. The lowest BCUT2D eigenvalue weighted by Gasteiger charge is -2.16. The highest BCUT2D eigenvalue weighted by molar-refractivity contribution is 5.85. The van der Waals surface area contributed by atoms with Crippen molar-refractivity contribution in [2.75, 3.05) is 20.6 Å². The molecule has 0 amide bonds. The van der Waals surface area contributed by atoms with Crippen molar-refractivity contribution in [1.82, 2.24) is 4.90 Å². The minimum absolute atomic E-state index is 0. The van der Waals surface area contributed by atoms with Gasteiger partial charge in [0.1, 0.15) is 0 Å². The van der Waals surface area contributed by atoms with Crippen LogP contribution in [0.4, 0.5) is 0 Å². The number of nitrogens with zero attached hydrogens (tertiary/aromatic N) is 1. The molecule has 0 aliphatic rings. The Bertz CT molecular complexity index is 224. The van der Waals surface area contributed by atoms with Gasteiger partial charge in [0, 0.05) is 12.6 Å². The average molecular weight is 201 g/mol. The third kappa shape index (κ3) is 4.27. The summed E-state index contributed by atoms with van der Waals surface area (Å²) in [6.07, 6.45) is 0. The maximum atomic E-state index is 5.95. The fraction of sp³-hybridized carbons (Fsp3) is 0.400. The second kappa shape index (κ2) is 5.97. The predicted octanol–water partition coefficient (Wildman–Crippen LogP) is 1.67. The Kier molecular flexibility index (Phi) is 5.71. The lowest BCUT2D eigenvalue weighted by molar-refractivity contribution is 0.376. The van der Waals surface area contributed by atoms with E-state index in [2.05, 4.69) is 17.0 Å². The minimum atomic E-state index is 0. The van der Waals surface area contributed by atoms with Crippen LogP contribution in [0, 0.1) is 0 Å². The first-order chi connectivity index (χ1) is 5.70. The van der Waals surface area contributed by atoms with Crippen molar-refractivity contribution >= 4 is 12.4 Å². The van der Waals surface area contributed by atoms with Gasteiger partial charge in [0.25, 0.3) is 0 Å². The number of benzene rings is 1. The second-order valence-corrected chi connectivity index (χ2v) is 3.28. The largest absolute Gasteiger partial charge is 0.323 e. The van der Waals surface area contributed by atoms with Gasteiger partial charge in [-0.15, -0.1) is 12.4 Å². The van der Waals surface area contributed by atoms with Gasteiger partial charge < -0.3 is 10.6 Å². The molecule has 0 spiro atoms. The quantitative estimate of drug-likeness (QED) is 0.805. The standard InChI is InChI=1S/C10H16N2.ClH/c1-12(2)8-10(11)9-6-4-3-5-7-9;/h3-7,10H,8,11H2,1-2H3;1H/t10-;/m0./s1. The molecule has 74 valence electrons. The van der Waals surface area contributed by atoms with Crippen LogP contribution in [0.1, 0.15) is 11.6 Å². The molecule has 0 unspecified atom stereocenters. The van der Waals surface area contributed by atoms with E-state index >= 15 is 0 Å². The van der Waals surface area contributed by atoms with Crippen LogP contribution >= 0.6 is 12.4 Å². The molecule has 1 aromatic rings. The Morgan fingerprint density at radius 1 is 1.23 bits per heavy atom. The van der Waals surface area contributed by atoms with Crippen molar-refractivity contribution in [2.24, 2.45) is 5.73 Å². The Morgan fingerprint density at radius 2 is 1.77 bits per heavy atom. The van der Waals surface area contributed by atoms with E-state index in [4.69, 9.17) is 5.73 Å². The monoisotopic (exact) mass is 200 g/mol. The molecule has 1 atom stereocenters. The van der Waals surface area contributed by atoms with E-state index in [9.17, 15) is 0 Å². The van der Waals surface area contributed by atoms with Gasteiger partial charge >= 0.3 is 0 Å². The molecule has 1 rings (SSSR count). The van der Waals surface area contributed by atoms with E-state index in [1.54, 1.807) is 0 Å². The first-order valence-corrected chi connectivity index (χ1v) is 4.15. The van der Waals surface area contributed by atoms with Crippen LogP contribution in [-0.2, 0) is 0 Å². The Morgan fingerprint density at radius 3 is 2.23 bits per heavy atom. The number of halogens is 1. The van der Waals surface area contributed by atoms with Crippen LogP contribution in [0.3, 0.4) is 0 Å². The summed E-state index contributed by atoms with van der Waals surface area (Å²) in [5.41, 5.74) is 7.15. The summed E-state index contributed by atoms with van der Waals surface area (Å²) in [5.74, 6) is 0. The minimum Gasteiger partial charge on any atom is -0.323 e. The molecule has 1 aromatic carbocycles. The average Bonchev–Trinajstić information content (AvgIpc) is 2.05. The van der Waals surface area contributed by atoms with Crippen molar-refractivity contribution in [3.05, 3.63) is 35.9 Å². The first-order valence-electron chi connectivity index (χ1n) is 4.15. The van der Waals surface area contributed by atoms with Crippen LogP contribution < -0.4 is 5.73 Å². The van der Waals surface area contributed by atoms with Crippen LogP contribution in [0.2, 0.25) is 0 Å². The van der Waals surface area contributed by atoms with E-state index < -0.39 is 0 Å². The maximum absolute atomic E-state index is 5.95. The highest BCUT2D eigenvalue weighted by Crippen LogP contribution is 2.09. The highest BCUT2D eigenvalue weighted by Gasteiger charge is 2.04. The summed E-state index contributed by atoms with van der Waals surface area (Å²) in [4.78, 5) is 2.09. The van der Waals surface area contributed by atoms with E-state index in [0.29, 0.717) is 0 Å². The highest BCUT2D eigenvalue weighted by atomic mass is 35.5. The maximum Gasteiger partial charge on any atom is 0.0424 e. The molecular weight excluding hydrogens is 184 g/mol. The van der Waals surface area contributed by atoms with Gasteiger partial charge in [-0.2, -0.15) is 0 Å². The SMILES string of the molecule is CN(C)C[C@H](N)c1ccccc1.Cl. The molecule has 0 aromatic heterocycles. The van der Waals surface area contributed by atoms with Crippen molar-refractivity contribution < 1.29 is 0 Å². The molecule has 0 bridgehead atoms. The molecule has 0 saturated carbocycles. The topological polar surface area (TPSA) is 29.3 Å². The van der Waals surface area contributed by atoms with E-state index in [1.807, 2.05) is 32.3 Å². The number of likely N-dealkylation sites (N-methyl/N-ethyl adjacent to an activating group) is 1. The third-order valence-corrected chi connectivity index (χ3v) is 1.79. The summed E-state index contributed by atoms with van der Waals surface area (Å²) >= 11 is 0. The number of nitrogens with two attached hydrogens (primary N) is 1. The molecule has 0 aliphatic heterocycles. The zero-order valence-corrected chi connectivity index (χ0v) is 8.92. The third-order valence-electron chi connectivity index (χ3n) is 1.79. The van der Waals surface area contributed by atoms with Gasteiger partial charge in [0.2, 0.25) is 0 Å². The summed E-state index contributed by atoms with van der Waals surface area (Å²) in [6, 6.07) is 10.3. The van der Waals surface area contributed by atoms with Gasteiger partial charge in [-0.1, -0.05) is 30.3 Å². The fourth-order valence-corrected chi connectivity index (χ4v) is 1.20. The molecule has 2 N–H and O–H groups in total. The van der Waals surface area contributed by atoms with Crippen LogP contribution in [0.5, 0.6) is 0 Å². The first kappa shape index (κ1) is 12.4. The zero-order chi connectivity index (χ0) is 8.97. The second-order valence-electron chi connectivity index (χ2n) is 3.28. The Balaban J connectivity index is 0.00000144. The van der Waals surface area contributed by atoms with Gasteiger partial charge in [-0.3, -0.25) is 0 Å². The molecule has 13 heavy (non-hydrogen) atoms. The lowest BCUT2D eigenvalue weighted by atomic mass is 10.1. The number of rotatable bonds is 3. The Hall–Kier alpha value is -0.570. The van der Waals surface area contributed by atoms with E-state index in [0.717, 1.165) is 6.54 Å². The normalized spacial score (nSPS) is 12.3. The molecule has 0 saturated heterocycles. The van der Waals surface area contributed by atoms with Crippen molar-refractivity contribution in [1.29, 1.82) is 0 Å². The molecule has 3 heteroatoms. The summed E-state index contributed by atoms with van der Waals surface area (Å²) in [6.45, 7) is 0.893. The van der Waals surface area contributed by atoms with Crippen molar-refractivity contribution in [3.8, 4) is 0 Å².